The highest BCUT2D eigenvalue weighted by Gasteiger charge is 2.36. The summed E-state index contributed by atoms with van der Waals surface area (Å²) in [5.41, 5.74) is -0.466. The van der Waals surface area contributed by atoms with Crippen LogP contribution in [0.5, 0.6) is 0 Å². The molecule has 0 aromatic rings. The molecule has 1 amide bonds. The number of guanidine groups is 1. The third-order valence-corrected chi connectivity index (χ3v) is 4.93. The van der Waals surface area contributed by atoms with Gasteiger partial charge in [0.25, 0.3) is 0 Å². The van der Waals surface area contributed by atoms with E-state index in [0.29, 0.717) is 19.5 Å². The molecule has 0 aromatic heterocycles. The predicted octanol–water partition coefficient (Wildman–Crippen LogP) is 2.38. The number of nitrogens with zero attached hydrogens (tertiary/aromatic N) is 3. The van der Waals surface area contributed by atoms with E-state index in [1.165, 1.54) is 7.11 Å². The van der Waals surface area contributed by atoms with Crippen LogP contribution in [0.1, 0.15) is 59.3 Å². The van der Waals surface area contributed by atoms with Gasteiger partial charge in [-0.25, -0.2) is 4.79 Å². The predicted molar refractivity (Wildman–Crippen MR) is 108 cm³/mol. The Balaban J connectivity index is 1.59. The van der Waals surface area contributed by atoms with Gasteiger partial charge in [0.2, 0.25) is 0 Å². The summed E-state index contributed by atoms with van der Waals surface area (Å²) in [6.07, 6.45) is 5.59. The molecule has 1 N–H and O–H groups in total. The molecule has 0 aromatic carbocycles. The standard InChI is InChI=1S/C20H36N4O4/c1-20(2,3)28-19(26)23-12-13-24-16(15-23)14-22-18(24)21-11-9-7-5-6-8-10-17(25)27-4/h16H,5-15H2,1-4H3,(H,21,22). The monoisotopic (exact) mass is 396 g/mol. The van der Waals surface area contributed by atoms with Gasteiger partial charge in [0.1, 0.15) is 5.60 Å². The number of fused-ring (bicyclic) bond motifs is 1. The van der Waals surface area contributed by atoms with Crippen molar-refractivity contribution in [1.29, 1.82) is 0 Å². The summed E-state index contributed by atoms with van der Waals surface area (Å²) in [7, 11) is 1.43. The Morgan fingerprint density at radius 1 is 1.14 bits per heavy atom. The maximum atomic E-state index is 12.3. The van der Waals surface area contributed by atoms with Gasteiger partial charge in [0.05, 0.1) is 19.7 Å². The number of carbonyl (C=O) groups excluding carboxylic acids is 2. The normalized spacial score (nSPS) is 19.1. The van der Waals surface area contributed by atoms with Gasteiger partial charge in [-0.2, -0.15) is 0 Å². The molecule has 1 saturated heterocycles. The number of amides is 1. The molecule has 0 bridgehead atoms. The number of ether oxygens (including phenoxy) is 2. The van der Waals surface area contributed by atoms with Crippen LogP contribution in [-0.4, -0.2) is 79.3 Å². The van der Waals surface area contributed by atoms with E-state index in [9.17, 15) is 9.59 Å². The van der Waals surface area contributed by atoms with Crippen molar-refractivity contribution in [2.45, 2.75) is 70.9 Å². The first-order chi connectivity index (χ1) is 13.3. The summed E-state index contributed by atoms with van der Waals surface area (Å²) in [4.78, 5) is 32.0. The molecule has 2 heterocycles. The number of rotatable bonds is 8. The smallest absolute Gasteiger partial charge is 0.410 e. The maximum absolute atomic E-state index is 12.3. The highest BCUT2D eigenvalue weighted by Crippen LogP contribution is 2.18. The number of unbranched alkanes of at least 4 members (excludes halogenated alkanes) is 4. The summed E-state index contributed by atoms with van der Waals surface area (Å²) in [5, 5.41) is 3.45. The summed E-state index contributed by atoms with van der Waals surface area (Å²) >= 11 is 0. The minimum atomic E-state index is -0.466. The average molecular weight is 397 g/mol. The molecule has 28 heavy (non-hydrogen) atoms. The largest absolute Gasteiger partial charge is 0.469 e. The summed E-state index contributed by atoms with van der Waals surface area (Å²) < 4.78 is 10.1. The van der Waals surface area contributed by atoms with Gasteiger partial charge < -0.3 is 24.6 Å². The first-order valence-corrected chi connectivity index (χ1v) is 10.4. The molecular formula is C20H36N4O4. The summed E-state index contributed by atoms with van der Waals surface area (Å²) in [6, 6.07) is 0.238. The fourth-order valence-corrected chi connectivity index (χ4v) is 3.45. The van der Waals surface area contributed by atoms with Gasteiger partial charge in [-0.1, -0.05) is 19.3 Å². The molecule has 0 aliphatic carbocycles. The van der Waals surface area contributed by atoms with Crippen LogP contribution in [0.3, 0.4) is 0 Å². The van der Waals surface area contributed by atoms with Crippen LogP contribution in [-0.2, 0) is 14.3 Å². The first-order valence-electron chi connectivity index (χ1n) is 10.4. The quantitative estimate of drug-likeness (QED) is 0.501. The second-order valence-corrected chi connectivity index (χ2v) is 8.46. The fourth-order valence-electron chi connectivity index (χ4n) is 3.45. The molecule has 2 aliphatic rings. The van der Waals surface area contributed by atoms with Crippen LogP contribution < -0.4 is 5.32 Å². The molecule has 0 spiro atoms. The zero-order valence-corrected chi connectivity index (χ0v) is 17.8. The molecule has 2 aliphatic heterocycles. The Morgan fingerprint density at radius 3 is 2.57 bits per heavy atom. The lowest BCUT2D eigenvalue weighted by Gasteiger charge is -2.39. The highest BCUT2D eigenvalue weighted by molar-refractivity contribution is 5.82. The Morgan fingerprint density at radius 2 is 1.86 bits per heavy atom. The van der Waals surface area contributed by atoms with E-state index < -0.39 is 5.60 Å². The van der Waals surface area contributed by atoms with Crippen molar-refractivity contribution in [3.05, 3.63) is 0 Å². The SMILES string of the molecule is COC(=O)CCCCCCCNC1=NCC2CN(C(=O)OC(C)(C)C)CCN12. The van der Waals surface area contributed by atoms with Crippen LogP contribution in [0.25, 0.3) is 0 Å². The number of carbonyl (C=O) groups is 2. The summed E-state index contributed by atoms with van der Waals surface area (Å²) in [5.74, 6) is 0.835. The van der Waals surface area contributed by atoms with Gasteiger partial charge in [-0.3, -0.25) is 9.79 Å². The molecule has 0 saturated carbocycles. The van der Waals surface area contributed by atoms with Gasteiger partial charge >= 0.3 is 12.1 Å². The number of nitrogens with one attached hydrogen (secondary N) is 1. The molecule has 1 unspecified atom stereocenters. The van der Waals surface area contributed by atoms with E-state index in [1.54, 1.807) is 4.90 Å². The zero-order chi connectivity index (χ0) is 20.6. The molecule has 1 atom stereocenters. The average Bonchev–Trinajstić information content (AvgIpc) is 3.04. The van der Waals surface area contributed by atoms with Crippen molar-refractivity contribution in [1.82, 2.24) is 15.1 Å². The molecule has 8 heteroatoms. The Labute approximate surface area is 168 Å². The van der Waals surface area contributed by atoms with E-state index in [4.69, 9.17) is 4.74 Å². The third kappa shape index (κ3) is 7.20. The highest BCUT2D eigenvalue weighted by atomic mass is 16.6. The zero-order valence-electron chi connectivity index (χ0n) is 17.8. The first kappa shape index (κ1) is 22.3. The Bertz CT molecular complexity index is 559. The van der Waals surface area contributed by atoms with Gasteiger partial charge in [0.15, 0.2) is 5.96 Å². The number of hydrogen-bond donors (Lipinski definition) is 1. The second-order valence-electron chi connectivity index (χ2n) is 8.46. The van der Waals surface area contributed by atoms with Crippen LogP contribution >= 0.6 is 0 Å². The van der Waals surface area contributed by atoms with Gasteiger partial charge in [0, 0.05) is 32.6 Å². The van der Waals surface area contributed by atoms with E-state index >= 15 is 0 Å². The lowest BCUT2D eigenvalue weighted by molar-refractivity contribution is -0.140. The number of methoxy groups -OCH3 is 1. The Hall–Kier alpha value is -1.99. The van der Waals surface area contributed by atoms with Gasteiger partial charge in [-0.05, 0) is 33.6 Å². The van der Waals surface area contributed by atoms with Crippen LogP contribution in [0.15, 0.2) is 4.99 Å². The molecule has 2 rings (SSSR count). The van der Waals surface area contributed by atoms with E-state index in [-0.39, 0.29) is 18.1 Å². The minimum Gasteiger partial charge on any atom is -0.469 e. The summed E-state index contributed by atoms with van der Waals surface area (Å²) in [6.45, 7) is 9.38. The fraction of sp³-hybridized carbons (Fsp3) is 0.850. The van der Waals surface area contributed by atoms with Crippen LogP contribution in [0, 0.1) is 0 Å². The number of hydrogen-bond acceptors (Lipinski definition) is 7. The van der Waals surface area contributed by atoms with Crippen LogP contribution in [0.4, 0.5) is 4.79 Å². The topological polar surface area (TPSA) is 83.5 Å². The number of aliphatic imine (C=N–C) groups is 1. The number of piperazine rings is 1. The molecule has 160 valence electrons. The van der Waals surface area contributed by atoms with Crippen molar-refractivity contribution in [3.63, 3.8) is 0 Å². The molecule has 0 radical (unpaired) electrons. The molecular weight excluding hydrogens is 360 g/mol. The van der Waals surface area contributed by atoms with Crippen molar-refractivity contribution >= 4 is 18.0 Å². The molecule has 1 fully saturated rings. The van der Waals surface area contributed by atoms with E-state index in [2.05, 4.69) is 19.9 Å². The van der Waals surface area contributed by atoms with Crippen molar-refractivity contribution in [2.75, 3.05) is 39.8 Å². The van der Waals surface area contributed by atoms with E-state index in [1.807, 2.05) is 20.8 Å². The maximum Gasteiger partial charge on any atom is 0.410 e. The Kier molecular flexibility index (Phi) is 8.38. The third-order valence-electron chi connectivity index (χ3n) is 4.93. The van der Waals surface area contributed by atoms with Crippen LogP contribution in [0.2, 0.25) is 0 Å². The van der Waals surface area contributed by atoms with E-state index in [0.717, 1.165) is 57.7 Å². The number of esters is 1. The van der Waals surface area contributed by atoms with Gasteiger partial charge in [-0.15, -0.1) is 0 Å². The lowest BCUT2D eigenvalue weighted by Crippen LogP contribution is -2.57. The minimum absolute atomic E-state index is 0.123. The van der Waals surface area contributed by atoms with Crippen molar-refractivity contribution < 1.29 is 19.1 Å². The van der Waals surface area contributed by atoms with Crippen molar-refractivity contribution in [3.8, 4) is 0 Å². The second kappa shape index (κ2) is 10.5. The molecule has 8 nitrogen and oxygen atoms in total. The van der Waals surface area contributed by atoms with Crippen molar-refractivity contribution in [2.24, 2.45) is 4.99 Å². The lowest BCUT2D eigenvalue weighted by atomic mass is 10.1.